The maximum Gasteiger partial charge on any atom is 0.151 e. The molecule has 0 aliphatic rings. The van der Waals surface area contributed by atoms with Crippen molar-refractivity contribution in [3.05, 3.63) is 12.3 Å². The summed E-state index contributed by atoms with van der Waals surface area (Å²) in [6.45, 7) is 0. The van der Waals surface area contributed by atoms with Gasteiger partial charge in [0.25, 0.3) is 0 Å². The maximum absolute atomic E-state index is 5.54. The molecule has 0 fully saturated rings. The second-order valence-electron chi connectivity index (χ2n) is 1.91. The lowest BCUT2D eigenvalue weighted by atomic mass is 10.3. The number of nitrogens with zero attached hydrogens (tertiary/aromatic N) is 1. The van der Waals surface area contributed by atoms with Gasteiger partial charge in [-0.25, -0.2) is 4.98 Å². The Kier molecular flexibility index (Phi) is 1.62. The van der Waals surface area contributed by atoms with Crippen LogP contribution in [0.1, 0.15) is 0 Å². The Balaban J connectivity index is 3.14. The third-order valence-electron chi connectivity index (χ3n) is 1.26. The summed E-state index contributed by atoms with van der Waals surface area (Å²) in [5, 5.41) is 2.82. The molecule has 0 atom stereocenters. The lowest BCUT2D eigenvalue weighted by Gasteiger charge is -2.04. The number of pyridine rings is 1. The lowest BCUT2D eigenvalue weighted by molar-refractivity contribution is 1.29. The van der Waals surface area contributed by atoms with Crippen molar-refractivity contribution >= 4 is 17.2 Å². The molecule has 0 amide bonds. The van der Waals surface area contributed by atoms with Gasteiger partial charge in [0.1, 0.15) is 0 Å². The number of nitrogens with two attached hydrogens (primary N) is 2. The third-order valence-corrected chi connectivity index (χ3v) is 1.26. The molecule has 1 aromatic rings. The number of nitrogens with one attached hydrogen (secondary N) is 1. The predicted octanol–water partition coefficient (Wildman–Crippen LogP) is 0.288. The summed E-state index contributed by atoms with van der Waals surface area (Å²) < 4.78 is 0. The Bertz CT molecular complexity index is 233. The monoisotopic (exact) mass is 138 g/mol. The molecule has 4 nitrogen and oxygen atoms in total. The van der Waals surface area contributed by atoms with E-state index < -0.39 is 0 Å². The van der Waals surface area contributed by atoms with Gasteiger partial charge in [-0.1, -0.05) is 0 Å². The minimum Gasteiger partial charge on any atom is -0.397 e. The molecular weight excluding hydrogens is 128 g/mol. The quantitative estimate of drug-likeness (QED) is 0.521. The summed E-state index contributed by atoms with van der Waals surface area (Å²) in [4.78, 5) is 3.94. The highest BCUT2D eigenvalue weighted by molar-refractivity contribution is 5.74. The summed E-state index contributed by atoms with van der Waals surface area (Å²) in [5.74, 6) is 0.625. The first-order valence-electron chi connectivity index (χ1n) is 2.93. The number of hydrogen-bond donors (Lipinski definition) is 3. The van der Waals surface area contributed by atoms with E-state index in [0.29, 0.717) is 17.2 Å². The van der Waals surface area contributed by atoms with Crippen LogP contribution in [0.4, 0.5) is 17.2 Å². The SMILES string of the molecule is CNc1nccc(N)c1N. The predicted molar refractivity (Wildman–Crippen MR) is 42.6 cm³/mol. The average Bonchev–Trinajstić information content (AvgIpc) is 1.95. The van der Waals surface area contributed by atoms with Crippen LogP contribution in [0, 0.1) is 0 Å². The zero-order valence-electron chi connectivity index (χ0n) is 5.76. The normalized spacial score (nSPS) is 9.30. The van der Waals surface area contributed by atoms with Crippen molar-refractivity contribution in [3.8, 4) is 0 Å². The molecule has 1 rings (SSSR count). The van der Waals surface area contributed by atoms with Gasteiger partial charge in [0.05, 0.1) is 11.4 Å². The fourth-order valence-electron chi connectivity index (χ4n) is 0.687. The summed E-state index contributed by atoms with van der Waals surface area (Å²) in [5.41, 5.74) is 12.1. The van der Waals surface area contributed by atoms with Gasteiger partial charge >= 0.3 is 0 Å². The minimum atomic E-state index is 0.505. The highest BCUT2D eigenvalue weighted by atomic mass is 15.0. The molecule has 0 radical (unpaired) electrons. The van der Waals surface area contributed by atoms with Crippen LogP contribution in [-0.2, 0) is 0 Å². The van der Waals surface area contributed by atoms with Crippen LogP contribution in [0.15, 0.2) is 12.3 Å². The van der Waals surface area contributed by atoms with E-state index in [9.17, 15) is 0 Å². The molecule has 0 bridgehead atoms. The van der Waals surface area contributed by atoms with E-state index >= 15 is 0 Å². The molecular formula is C6H10N4. The highest BCUT2D eigenvalue weighted by Gasteiger charge is 1.98. The molecule has 4 heteroatoms. The van der Waals surface area contributed by atoms with Crippen LogP contribution in [-0.4, -0.2) is 12.0 Å². The Morgan fingerprint density at radius 1 is 1.50 bits per heavy atom. The van der Waals surface area contributed by atoms with Crippen molar-refractivity contribution in [1.29, 1.82) is 0 Å². The highest BCUT2D eigenvalue weighted by Crippen LogP contribution is 2.20. The Labute approximate surface area is 59.2 Å². The summed E-state index contributed by atoms with van der Waals surface area (Å²) in [7, 11) is 1.75. The van der Waals surface area contributed by atoms with E-state index in [1.165, 1.54) is 0 Å². The zero-order chi connectivity index (χ0) is 7.56. The fraction of sp³-hybridized carbons (Fsp3) is 0.167. The molecule has 0 saturated heterocycles. The first-order chi connectivity index (χ1) is 4.75. The van der Waals surface area contributed by atoms with Crippen LogP contribution in [0.5, 0.6) is 0 Å². The van der Waals surface area contributed by atoms with Gasteiger partial charge in [-0.3, -0.25) is 0 Å². The lowest BCUT2D eigenvalue weighted by Crippen LogP contribution is -2.01. The minimum absolute atomic E-state index is 0.505. The first kappa shape index (κ1) is 6.67. The van der Waals surface area contributed by atoms with E-state index in [0.717, 1.165) is 0 Å². The number of rotatable bonds is 1. The standard InChI is InChI=1S/C6H10N4/c1-9-6-5(8)4(7)2-3-10-6/h2-3H,8H2,1H3,(H3,7,9,10). The largest absolute Gasteiger partial charge is 0.397 e. The second kappa shape index (κ2) is 2.43. The van der Waals surface area contributed by atoms with Gasteiger partial charge in [0.15, 0.2) is 5.82 Å². The topological polar surface area (TPSA) is 77.0 Å². The van der Waals surface area contributed by atoms with Crippen molar-refractivity contribution in [1.82, 2.24) is 4.98 Å². The summed E-state index contributed by atoms with van der Waals surface area (Å²) in [6.07, 6.45) is 1.61. The maximum atomic E-state index is 5.54. The smallest absolute Gasteiger partial charge is 0.151 e. The van der Waals surface area contributed by atoms with E-state index in [1.807, 2.05) is 0 Å². The Hall–Kier alpha value is -1.45. The Morgan fingerprint density at radius 2 is 2.20 bits per heavy atom. The van der Waals surface area contributed by atoms with Gasteiger partial charge in [-0.05, 0) is 6.07 Å². The van der Waals surface area contributed by atoms with E-state index in [2.05, 4.69) is 10.3 Å². The van der Waals surface area contributed by atoms with E-state index in [4.69, 9.17) is 11.5 Å². The number of aromatic nitrogens is 1. The molecule has 54 valence electrons. The van der Waals surface area contributed by atoms with Crippen molar-refractivity contribution in [3.63, 3.8) is 0 Å². The van der Waals surface area contributed by atoms with Gasteiger partial charge in [0.2, 0.25) is 0 Å². The van der Waals surface area contributed by atoms with Crippen LogP contribution in [0.3, 0.4) is 0 Å². The van der Waals surface area contributed by atoms with Crippen LogP contribution < -0.4 is 16.8 Å². The van der Waals surface area contributed by atoms with Gasteiger partial charge in [-0.15, -0.1) is 0 Å². The van der Waals surface area contributed by atoms with Crippen molar-refractivity contribution in [2.45, 2.75) is 0 Å². The molecule has 0 spiro atoms. The van der Waals surface area contributed by atoms with Crippen molar-refractivity contribution < 1.29 is 0 Å². The third kappa shape index (κ3) is 0.953. The van der Waals surface area contributed by atoms with Gasteiger partial charge in [-0.2, -0.15) is 0 Å². The summed E-state index contributed by atoms with van der Waals surface area (Å²) in [6, 6.07) is 1.66. The van der Waals surface area contributed by atoms with Gasteiger partial charge in [0, 0.05) is 13.2 Å². The molecule has 0 aliphatic carbocycles. The van der Waals surface area contributed by atoms with Crippen LogP contribution >= 0.6 is 0 Å². The van der Waals surface area contributed by atoms with Crippen LogP contribution in [0.2, 0.25) is 0 Å². The number of anilines is 3. The Morgan fingerprint density at radius 3 is 2.70 bits per heavy atom. The first-order valence-corrected chi connectivity index (χ1v) is 2.93. The van der Waals surface area contributed by atoms with Gasteiger partial charge < -0.3 is 16.8 Å². The molecule has 0 unspecified atom stereocenters. The van der Waals surface area contributed by atoms with Crippen molar-refractivity contribution in [2.24, 2.45) is 0 Å². The average molecular weight is 138 g/mol. The molecule has 0 aliphatic heterocycles. The second-order valence-corrected chi connectivity index (χ2v) is 1.91. The number of nitrogen functional groups attached to an aromatic ring is 2. The number of hydrogen-bond acceptors (Lipinski definition) is 4. The molecule has 1 heterocycles. The molecule has 10 heavy (non-hydrogen) atoms. The van der Waals surface area contributed by atoms with E-state index in [-0.39, 0.29) is 0 Å². The molecule has 0 saturated carbocycles. The van der Waals surface area contributed by atoms with E-state index in [1.54, 1.807) is 19.3 Å². The fourth-order valence-corrected chi connectivity index (χ4v) is 0.687. The van der Waals surface area contributed by atoms with Crippen LogP contribution in [0.25, 0.3) is 0 Å². The molecule has 1 aromatic heterocycles. The van der Waals surface area contributed by atoms with Crippen molar-refractivity contribution in [2.75, 3.05) is 23.8 Å². The summed E-state index contributed by atoms with van der Waals surface area (Å²) >= 11 is 0. The molecule has 0 aromatic carbocycles. The molecule has 5 N–H and O–H groups in total. The zero-order valence-corrected chi connectivity index (χ0v) is 5.76.